The van der Waals surface area contributed by atoms with Crippen molar-refractivity contribution in [1.29, 1.82) is 0 Å². The van der Waals surface area contributed by atoms with Crippen LogP contribution in [0, 0.1) is 5.92 Å². The summed E-state index contributed by atoms with van der Waals surface area (Å²) in [6, 6.07) is 0.130. The molecule has 1 aliphatic rings. The second-order valence-corrected chi connectivity index (χ2v) is 7.04. The number of hydrogen-bond donors (Lipinski definition) is 1. The third-order valence-corrected chi connectivity index (χ3v) is 5.09. The van der Waals surface area contributed by atoms with E-state index in [4.69, 9.17) is 4.74 Å². The van der Waals surface area contributed by atoms with Gasteiger partial charge in [-0.1, -0.05) is 24.7 Å². The fourth-order valence-corrected chi connectivity index (χ4v) is 4.06. The molecule has 2 atom stereocenters. The average Bonchev–Trinajstić information content (AvgIpc) is 3.15. The predicted octanol–water partition coefficient (Wildman–Crippen LogP) is 2.72. The van der Waals surface area contributed by atoms with Gasteiger partial charge in [-0.25, -0.2) is 18.3 Å². The van der Waals surface area contributed by atoms with Gasteiger partial charge < -0.3 is 10.1 Å². The van der Waals surface area contributed by atoms with E-state index in [1.807, 2.05) is 0 Å². The Kier molecular flexibility index (Phi) is 5.09. The summed E-state index contributed by atoms with van der Waals surface area (Å²) in [5, 5.41) is 7.92. The molecule has 24 heavy (non-hydrogen) atoms. The second-order valence-electron chi connectivity index (χ2n) is 6.00. The van der Waals surface area contributed by atoms with Gasteiger partial charge in [-0.15, -0.1) is 0 Å². The minimum atomic E-state index is -2.68. The highest BCUT2D eigenvalue weighted by atomic mass is 32.1. The number of carbonyl (C=O) groups excluding carboxylic acids is 1. The van der Waals surface area contributed by atoms with E-state index in [0.717, 1.165) is 12.8 Å². The number of ether oxygens (including phenoxy) is 1. The molecule has 2 aromatic rings. The molecule has 2 aromatic heterocycles. The van der Waals surface area contributed by atoms with Crippen molar-refractivity contribution in [3.05, 3.63) is 16.4 Å². The van der Waals surface area contributed by atoms with Crippen molar-refractivity contribution in [3.63, 3.8) is 0 Å². The normalized spacial score (nSPS) is 21.1. The van der Waals surface area contributed by atoms with Crippen LogP contribution in [-0.4, -0.2) is 33.7 Å². The number of halogens is 2. The van der Waals surface area contributed by atoms with Crippen LogP contribution in [-0.2, 0) is 22.6 Å². The number of carbonyl (C=O) groups is 1. The summed E-state index contributed by atoms with van der Waals surface area (Å²) in [6.07, 6.45) is 0.0838. The van der Waals surface area contributed by atoms with Gasteiger partial charge in [0.25, 0.3) is 6.43 Å². The molecular formula is C15H20F2N4O2S. The highest BCUT2D eigenvalue weighted by molar-refractivity contribution is 7.16. The Morgan fingerprint density at radius 1 is 1.50 bits per heavy atom. The maximum atomic E-state index is 13.3. The zero-order valence-electron chi connectivity index (χ0n) is 13.6. The molecule has 1 amide bonds. The summed E-state index contributed by atoms with van der Waals surface area (Å²) in [4.78, 5) is 16.6. The fraction of sp³-hybridized carbons (Fsp3) is 0.667. The molecule has 0 radical (unpaired) electrons. The van der Waals surface area contributed by atoms with E-state index in [1.54, 1.807) is 7.11 Å². The number of imidazole rings is 1. The van der Waals surface area contributed by atoms with Crippen LogP contribution in [0.1, 0.15) is 49.0 Å². The molecule has 3 rings (SSSR count). The van der Waals surface area contributed by atoms with Gasteiger partial charge in [0.1, 0.15) is 10.7 Å². The predicted molar refractivity (Wildman–Crippen MR) is 85.2 cm³/mol. The quantitative estimate of drug-likeness (QED) is 0.826. The van der Waals surface area contributed by atoms with Crippen molar-refractivity contribution in [2.45, 2.75) is 51.7 Å². The number of amides is 1. The van der Waals surface area contributed by atoms with Crippen molar-refractivity contribution in [2.24, 2.45) is 5.92 Å². The Morgan fingerprint density at radius 2 is 2.29 bits per heavy atom. The molecule has 0 saturated carbocycles. The van der Waals surface area contributed by atoms with E-state index in [-0.39, 0.29) is 30.0 Å². The van der Waals surface area contributed by atoms with Crippen LogP contribution in [0.5, 0.6) is 0 Å². The van der Waals surface area contributed by atoms with Crippen LogP contribution < -0.4 is 5.32 Å². The average molecular weight is 358 g/mol. The molecular weight excluding hydrogens is 338 g/mol. The van der Waals surface area contributed by atoms with Crippen molar-refractivity contribution in [1.82, 2.24) is 19.9 Å². The van der Waals surface area contributed by atoms with E-state index in [9.17, 15) is 13.6 Å². The third kappa shape index (κ3) is 3.27. The molecule has 0 aliphatic carbocycles. The number of rotatable bonds is 7. The lowest BCUT2D eigenvalue weighted by Gasteiger charge is -2.08. The van der Waals surface area contributed by atoms with Crippen molar-refractivity contribution >= 4 is 22.2 Å². The van der Waals surface area contributed by atoms with Crippen LogP contribution in [0.15, 0.2) is 0 Å². The first kappa shape index (κ1) is 17.2. The van der Waals surface area contributed by atoms with E-state index >= 15 is 0 Å². The minimum absolute atomic E-state index is 0.0732. The Hall–Kier alpha value is -1.61. The number of fused-ring (bicyclic) bond motifs is 1. The smallest absolute Gasteiger partial charge is 0.282 e. The number of methoxy groups -OCH3 is 1. The molecule has 0 bridgehead atoms. The molecule has 0 aromatic carbocycles. The van der Waals surface area contributed by atoms with Crippen LogP contribution in [0.25, 0.3) is 4.96 Å². The molecule has 1 N–H and O–H groups in total. The molecule has 132 valence electrons. The number of aromatic nitrogens is 3. The first-order chi connectivity index (χ1) is 11.5. The maximum absolute atomic E-state index is 13.3. The minimum Gasteiger partial charge on any atom is -0.377 e. The monoisotopic (exact) mass is 358 g/mol. The molecule has 9 heteroatoms. The van der Waals surface area contributed by atoms with E-state index in [1.165, 1.54) is 15.9 Å². The van der Waals surface area contributed by atoms with Crippen molar-refractivity contribution in [2.75, 3.05) is 7.11 Å². The number of alkyl halides is 2. The van der Waals surface area contributed by atoms with E-state index in [2.05, 4.69) is 22.3 Å². The van der Waals surface area contributed by atoms with Gasteiger partial charge in [0.15, 0.2) is 0 Å². The molecule has 3 heterocycles. The van der Waals surface area contributed by atoms with Gasteiger partial charge in [0.2, 0.25) is 10.9 Å². The van der Waals surface area contributed by atoms with Crippen LogP contribution in [0.4, 0.5) is 8.78 Å². The standard InChI is InChI=1S/C15H20F2N4O2S/c1-3-4-9-5-8(14(22)18-9)6-10-12(13(16)17)19-15-21(10)20-11(24-15)7-23-2/h8-9,13H,3-7H2,1-2H3,(H,18,22). The molecule has 1 fully saturated rings. The maximum Gasteiger partial charge on any atom is 0.282 e. The summed E-state index contributed by atoms with van der Waals surface area (Å²) in [6.45, 7) is 2.36. The van der Waals surface area contributed by atoms with E-state index < -0.39 is 6.43 Å². The Labute approximate surface area is 142 Å². The summed E-state index contributed by atoms with van der Waals surface area (Å²) < 4.78 is 33.1. The zero-order chi connectivity index (χ0) is 17.3. The molecule has 1 saturated heterocycles. The number of nitrogens with one attached hydrogen (secondary N) is 1. The van der Waals surface area contributed by atoms with Crippen LogP contribution in [0.2, 0.25) is 0 Å². The van der Waals surface area contributed by atoms with Crippen LogP contribution in [0.3, 0.4) is 0 Å². The number of hydrogen-bond acceptors (Lipinski definition) is 5. The van der Waals surface area contributed by atoms with Crippen molar-refractivity contribution < 1.29 is 18.3 Å². The molecule has 0 spiro atoms. The molecule has 2 unspecified atom stereocenters. The first-order valence-electron chi connectivity index (χ1n) is 7.98. The lowest BCUT2D eigenvalue weighted by atomic mass is 9.97. The highest BCUT2D eigenvalue weighted by Crippen LogP contribution is 2.30. The lowest BCUT2D eigenvalue weighted by molar-refractivity contribution is -0.122. The Bertz CT molecular complexity index is 730. The Morgan fingerprint density at radius 3 is 2.96 bits per heavy atom. The second kappa shape index (κ2) is 7.10. The summed E-state index contributed by atoms with van der Waals surface area (Å²) in [5.74, 6) is -0.387. The van der Waals surface area contributed by atoms with Gasteiger partial charge in [0.05, 0.1) is 12.3 Å². The summed E-state index contributed by atoms with van der Waals surface area (Å²) >= 11 is 1.22. The molecule has 6 nitrogen and oxygen atoms in total. The number of nitrogens with zero attached hydrogens (tertiary/aromatic N) is 3. The van der Waals surface area contributed by atoms with Gasteiger partial charge in [-0.3, -0.25) is 4.79 Å². The summed E-state index contributed by atoms with van der Waals surface area (Å²) in [5.41, 5.74) is 0.0559. The topological polar surface area (TPSA) is 68.5 Å². The first-order valence-corrected chi connectivity index (χ1v) is 8.79. The Balaban J connectivity index is 1.89. The van der Waals surface area contributed by atoms with Crippen molar-refractivity contribution in [3.8, 4) is 0 Å². The van der Waals surface area contributed by atoms with Gasteiger partial charge >= 0.3 is 0 Å². The third-order valence-electron chi connectivity index (χ3n) is 4.21. The fourth-order valence-electron chi connectivity index (χ4n) is 3.17. The van der Waals surface area contributed by atoms with Gasteiger partial charge in [-0.2, -0.15) is 5.10 Å². The summed E-state index contributed by atoms with van der Waals surface area (Å²) in [7, 11) is 1.55. The largest absolute Gasteiger partial charge is 0.377 e. The van der Waals surface area contributed by atoms with Gasteiger partial charge in [-0.05, 0) is 12.8 Å². The van der Waals surface area contributed by atoms with E-state index in [0.29, 0.717) is 28.7 Å². The lowest BCUT2D eigenvalue weighted by Crippen LogP contribution is -2.26. The zero-order valence-corrected chi connectivity index (χ0v) is 14.4. The highest BCUT2D eigenvalue weighted by Gasteiger charge is 2.34. The SMILES string of the molecule is CCCC1CC(Cc2c(C(F)F)nc3sc(COC)nn23)C(=O)N1. The molecule has 1 aliphatic heterocycles. The van der Waals surface area contributed by atoms with Gasteiger partial charge in [0, 0.05) is 25.5 Å². The van der Waals surface area contributed by atoms with Crippen LogP contribution >= 0.6 is 11.3 Å².